The molecular weight excluding hydrogens is 654 g/mol. The minimum atomic E-state index is -1.31. The molecule has 0 bridgehead atoms. The number of allylic oxidation sites excluding steroid dienone is 1. The quantitative estimate of drug-likeness (QED) is 0.0903. The zero-order chi connectivity index (χ0) is 35.8. The highest BCUT2D eigenvalue weighted by molar-refractivity contribution is 6.02. The Labute approximate surface area is 302 Å². The molecule has 1 aromatic rings. The standard InChI is InChI=1S/C39H57N3O9/c1-4-21-49-39-34(41(2)38(45)46-3)26-32(40-51-35-13-7-10-22-48-35)30-24-27(11-5-8-19-43)29(12-6-9-20-44)36(37(30)39)31-25-28(14-15-33(31)50-39)47-23-18-42-16-17-42/h4,14-15,24-25,27,29,34-37,43-44H,1,5-13,16-23,26H2,2-3H3/t27-,29+,34-,35?,36+,37+,39+/m0/s1. The first-order chi connectivity index (χ1) is 24.9. The summed E-state index contributed by atoms with van der Waals surface area (Å²) in [4.78, 5) is 23.4. The summed E-state index contributed by atoms with van der Waals surface area (Å²) in [6.45, 7) is 8.76. The summed E-state index contributed by atoms with van der Waals surface area (Å²) in [6.07, 6.45) is 11.0. The summed E-state index contributed by atoms with van der Waals surface area (Å²) in [5.74, 6) is -0.0508. The molecule has 0 radical (unpaired) electrons. The van der Waals surface area contributed by atoms with Crippen LogP contribution in [0.3, 0.4) is 0 Å². The number of amides is 1. The van der Waals surface area contributed by atoms with Gasteiger partial charge in [0.2, 0.25) is 12.1 Å². The van der Waals surface area contributed by atoms with Crippen LogP contribution in [-0.4, -0.2) is 117 Å². The van der Waals surface area contributed by atoms with Crippen LogP contribution in [0.5, 0.6) is 11.5 Å². The van der Waals surface area contributed by atoms with Crippen LogP contribution in [0, 0.1) is 17.8 Å². The fourth-order valence-corrected chi connectivity index (χ4v) is 8.59. The van der Waals surface area contributed by atoms with Gasteiger partial charge in [-0.2, -0.15) is 0 Å². The maximum absolute atomic E-state index is 13.3. The van der Waals surface area contributed by atoms with Crippen LogP contribution in [0.2, 0.25) is 0 Å². The number of hydrogen-bond donors (Lipinski definition) is 2. The Bertz CT molecular complexity index is 1390. The van der Waals surface area contributed by atoms with Gasteiger partial charge in [0.25, 0.3) is 0 Å². The molecule has 12 nitrogen and oxygen atoms in total. The molecule has 12 heteroatoms. The Morgan fingerprint density at radius 3 is 2.67 bits per heavy atom. The maximum atomic E-state index is 13.3. The number of aliphatic hydroxyl groups is 2. The Balaban J connectivity index is 1.51. The third kappa shape index (κ3) is 8.41. The van der Waals surface area contributed by atoms with Gasteiger partial charge in [-0.1, -0.05) is 30.1 Å². The number of ether oxygens (including phenoxy) is 5. The monoisotopic (exact) mass is 711 g/mol. The minimum Gasteiger partial charge on any atom is -0.492 e. The Kier molecular flexibility index (Phi) is 13.0. The molecule has 2 saturated heterocycles. The fourth-order valence-electron chi connectivity index (χ4n) is 8.59. The van der Waals surface area contributed by atoms with Crippen molar-refractivity contribution in [3.8, 4) is 11.5 Å². The van der Waals surface area contributed by atoms with Crippen molar-refractivity contribution in [1.82, 2.24) is 9.80 Å². The van der Waals surface area contributed by atoms with E-state index in [9.17, 15) is 15.0 Å². The van der Waals surface area contributed by atoms with Gasteiger partial charge >= 0.3 is 6.09 Å². The number of carbonyl (C=O) groups is 1. The molecule has 1 aromatic carbocycles. The average molecular weight is 712 g/mol. The van der Waals surface area contributed by atoms with Gasteiger partial charge in [0, 0.05) is 64.2 Å². The van der Waals surface area contributed by atoms with Crippen LogP contribution < -0.4 is 9.47 Å². The molecule has 1 unspecified atom stereocenters. The van der Waals surface area contributed by atoms with Crippen molar-refractivity contribution >= 4 is 11.8 Å². The molecule has 0 spiro atoms. The third-order valence-corrected chi connectivity index (χ3v) is 11.2. The molecule has 0 aromatic heterocycles. The first kappa shape index (κ1) is 37.6. The van der Waals surface area contributed by atoms with E-state index in [1.807, 2.05) is 12.1 Å². The van der Waals surface area contributed by atoms with Gasteiger partial charge in [0.15, 0.2) is 0 Å². The zero-order valence-electron chi connectivity index (χ0n) is 30.4. The van der Waals surface area contributed by atoms with Crippen LogP contribution in [0.4, 0.5) is 4.79 Å². The van der Waals surface area contributed by atoms with E-state index >= 15 is 0 Å². The van der Waals surface area contributed by atoms with E-state index in [1.54, 1.807) is 18.0 Å². The Morgan fingerprint density at radius 2 is 1.96 bits per heavy atom. The van der Waals surface area contributed by atoms with Gasteiger partial charge in [0.1, 0.15) is 24.1 Å². The van der Waals surface area contributed by atoms with Gasteiger partial charge < -0.3 is 43.6 Å². The summed E-state index contributed by atoms with van der Waals surface area (Å²) in [7, 11) is 3.09. The number of carbonyl (C=O) groups excluding carboxylic acids is 1. The van der Waals surface area contributed by atoms with Crippen LogP contribution in [0.15, 0.2) is 47.7 Å². The molecule has 5 aliphatic rings. The summed E-state index contributed by atoms with van der Waals surface area (Å²) >= 11 is 0. The topological polar surface area (TPSA) is 132 Å². The van der Waals surface area contributed by atoms with Crippen molar-refractivity contribution in [3.05, 3.63) is 48.1 Å². The molecule has 3 fully saturated rings. The Hall–Kier alpha value is -3.16. The van der Waals surface area contributed by atoms with Gasteiger partial charge in [-0.3, -0.25) is 4.90 Å². The zero-order valence-corrected chi connectivity index (χ0v) is 30.4. The predicted octanol–water partition coefficient (Wildman–Crippen LogP) is 5.24. The summed E-state index contributed by atoms with van der Waals surface area (Å²) in [5.41, 5.74) is 2.75. The number of aliphatic hydroxyl groups excluding tert-OH is 2. The van der Waals surface area contributed by atoms with E-state index < -0.39 is 24.2 Å². The highest BCUT2D eigenvalue weighted by Crippen LogP contribution is 2.61. The SMILES string of the molecule is C=CCO[C@@]12Oc3ccc(OCCN4CC4)cc3[C@H]3[C@H](CCCCO)[C@@H](CCCCO)C=C(C(=NOC4CCCCO4)C[C@@H]1N(C)C(=O)OC)[C@H]32. The van der Waals surface area contributed by atoms with Gasteiger partial charge in [-0.15, -0.1) is 6.58 Å². The Morgan fingerprint density at radius 1 is 1.16 bits per heavy atom. The van der Waals surface area contributed by atoms with Gasteiger partial charge in [0.05, 0.1) is 32.0 Å². The fraction of sp³-hybridized carbons (Fsp3) is 0.692. The van der Waals surface area contributed by atoms with Crippen molar-refractivity contribution in [1.29, 1.82) is 0 Å². The van der Waals surface area contributed by atoms with Gasteiger partial charge in [-0.25, -0.2) is 4.79 Å². The predicted molar refractivity (Wildman–Crippen MR) is 192 cm³/mol. The van der Waals surface area contributed by atoms with Crippen LogP contribution in [0.1, 0.15) is 75.7 Å². The molecule has 282 valence electrons. The van der Waals surface area contributed by atoms with E-state index in [-0.39, 0.29) is 43.5 Å². The highest BCUT2D eigenvalue weighted by Gasteiger charge is 2.65. The number of unbranched alkanes of at least 4 members (excludes halogenated alkanes) is 2. The minimum absolute atomic E-state index is 0.114. The molecule has 7 atom stereocenters. The highest BCUT2D eigenvalue weighted by atomic mass is 16.8. The number of fused-ring (bicyclic) bond motifs is 2. The van der Waals surface area contributed by atoms with Crippen molar-refractivity contribution in [2.24, 2.45) is 22.9 Å². The van der Waals surface area contributed by atoms with E-state index in [1.165, 1.54) is 7.11 Å². The van der Waals surface area contributed by atoms with E-state index in [0.29, 0.717) is 38.2 Å². The maximum Gasteiger partial charge on any atom is 0.409 e. The summed E-state index contributed by atoms with van der Waals surface area (Å²) in [6, 6.07) is 5.42. The number of oxime groups is 1. The third-order valence-electron chi connectivity index (χ3n) is 11.2. The second kappa shape index (κ2) is 17.6. The number of hydrogen-bond acceptors (Lipinski definition) is 11. The largest absolute Gasteiger partial charge is 0.492 e. The van der Waals surface area contributed by atoms with Crippen molar-refractivity contribution in [3.63, 3.8) is 0 Å². The first-order valence-corrected chi connectivity index (χ1v) is 19.0. The molecular formula is C39H57N3O9. The van der Waals surface area contributed by atoms with Crippen molar-refractivity contribution in [2.45, 2.75) is 88.2 Å². The molecule has 2 aliphatic carbocycles. The molecule has 1 saturated carbocycles. The van der Waals surface area contributed by atoms with Crippen molar-refractivity contribution in [2.75, 3.05) is 66.8 Å². The lowest BCUT2D eigenvalue weighted by molar-refractivity contribution is -0.253. The number of likely N-dealkylation sites (N-methyl/N-ethyl adjacent to an activating group) is 1. The molecule has 3 heterocycles. The second-order valence-corrected chi connectivity index (χ2v) is 14.4. The second-order valence-electron chi connectivity index (χ2n) is 14.4. The van der Waals surface area contributed by atoms with Crippen LogP contribution in [0.25, 0.3) is 0 Å². The lowest BCUT2D eigenvalue weighted by atomic mass is 9.55. The molecule has 6 rings (SSSR count). The number of benzene rings is 1. The van der Waals surface area contributed by atoms with E-state index in [2.05, 4.69) is 23.6 Å². The van der Waals surface area contributed by atoms with Crippen LogP contribution >= 0.6 is 0 Å². The molecule has 3 aliphatic heterocycles. The molecule has 51 heavy (non-hydrogen) atoms. The lowest BCUT2D eigenvalue weighted by Gasteiger charge is -2.59. The number of rotatable bonds is 18. The lowest BCUT2D eigenvalue weighted by Crippen LogP contribution is -2.69. The van der Waals surface area contributed by atoms with E-state index in [4.69, 9.17) is 33.7 Å². The number of methoxy groups -OCH3 is 1. The molecule has 1 amide bonds. The van der Waals surface area contributed by atoms with Gasteiger partial charge in [-0.05, 0) is 74.1 Å². The molecule has 2 N–H and O–H groups in total. The normalized spacial score (nSPS) is 30.4. The average Bonchev–Trinajstić information content (AvgIpc) is 3.99. The van der Waals surface area contributed by atoms with Crippen LogP contribution in [-0.2, 0) is 19.0 Å². The van der Waals surface area contributed by atoms with Crippen molar-refractivity contribution < 1.29 is 43.5 Å². The summed E-state index contributed by atoms with van der Waals surface area (Å²) < 4.78 is 31.5. The summed E-state index contributed by atoms with van der Waals surface area (Å²) in [5, 5.41) is 24.4. The smallest absolute Gasteiger partial charge is 0.409 e. The van der Waals surface area contributed by atoms with E-state index in [0.717, 1.165) is 87.2 Å². The number of nitrogens with zero attached hydrogens (tertiary/aromatic N) is 3. The first-order valence-electron chi connectivity index (χ1n) is 19.0.